The summed E-state index contributed by atoms with van der Waals surface area (Å²) in [6.45, 7) is 6.84. The average molecular weight is 200 g/mol. The zero-order chi connectivity index (χ0) is 10.8. The number of hydrogen-bond acceptors (Lipinski definition) is 3. The van der Waals surface area contributed by atoms with Crippen LogP contribution in [-0.2, 0) is 14.3 Å². The van der Waals surface area contributed by atoms with Gasteiger partial charge in [-0.05, 0) is 26.3 Å². The second-order valence-electron chi connectivity index (χ2n) is 2.87. The first kappa shape index (κ1) is 13.0. The maximum atomic E-state index is 10.9. The van der Waals surface area contributed by atoms with Crippen LogP contribution < -0.4 is 0 Å². The van der Waals surface area contributed by atoms with E-state index in [0.717, 1.165) is 18.6 Å². The highest BCUT2D eigenvalue weighted by Gasteiger charge is 2.01. The molecule has 0 fully saturated rings. The van der Waals surface area contributed by atoms with Crippen molar-refractivity contribution in [3.8, 4) is 0 Å². The highest BCUT2D eigenvalue weighted by Crippen LogP contribution is 2.04. The molecule has 0 aliphatic heterocycles. The summed E-state index contributed by atoms with van der Waals surface area (Å²) in [6.07, 6.45) is 4.00. The molecular weight excluding hydrogens is 180 g/mol. The molecule has 0 saturated heterocycles. The van der Waals surface area contributed by atoms with E-state index in [1.54, 1.807) is 0 Å². The topological polar surface area (TPSA) is 35.5 Å². The highest BCUT2D eigenvalue weighted by atomic mass is 16.5. The fourth-order valence-electron chi connectivity index (χ4n) is 1.04. The van der Waals surface area contributed by atoms with Crippen LogP contribution in [0, 0.1) is 0 Å². The Morgan fingerprint density at radius 1 is 1.29 bits per heavy atom. The molecule has 0 unspecified atom stereocenters. The van der Waals surface area contributed by atoms with Crippen LogP contribution in [0.25, 0.3) is 0 Å². The van der Waals surface area contributed by atoms with Crippen molar-refractivity contribution in [1.82, 2.24) is 0 Å². The maximum Gasteiger partial charge on any atom is 0.305 e. The Balaban J connectivity index is 3.41. The molecule has 3 nitrogen and oxygen atoms in total. The van der Waals surface area contributed by atoms with E-state index >= 15 is 0 Å². The summed E-state index contributed by atoms with van der Waals surface area (Å²) in [6, 6.07) is 0. The van der Waals surface area contributed by atoms with E-state index in [9.17, 15) is 4.79 Å². The van der Waals surface area contributed by atoms with Crippen molar-refractivity contribution in [2.24, 2.45) is 0 Å². The van der Waals surface area contributed by atoms with E-state index < -0.39 is 0 Å². The molecule has 0 aromatic heterocycles. The van der Waals surface area contributed by atoms with Crippen molar-refractivity contribution in [2.75, 3.05) is 13.2 Å². The Bertz CT molecular complexity index is 185. The van der Waals surface area contributed by atoms with Crippen LogP contribution in [0.15, 0.2) is 11.8 Å². The monoisotopic (exact) mass is 200 g/mol. The zero-order valence-corrected chi connectivity index (χ0v) is 9.34. The van der Waals surface area contributed by atoms with Gasteiger partial charge in [-0.15, -0.1) is 0 Å². The van der Waals surface area contributed by atoms with Crippen LogP contribution in [-0.4, -0.2) is 19.2 Å². The van der Waals surface area contributed by atoms with Crippen molar-refractivity contribution in [3.05, 3.63) is 11.8 Å². The lowest BCUT2D eigenvalue weighted by atomic mass is 10.3. The predicted molar refractivity (Wildman–Crippen MR) is 55.9 cm³/mol. The number of esters is 1. The van der Waals surface area contributed by atoms with E-state index in [4.69, 9.17) is 9.47 Å². The third-order valence-electron chi connectivity index (χ3n) is 1.79. The molecular formula is C11H20O3. The summed E-state index contributed by atoms with van der Waals surface area (Å²) >= 11 is 0. The molecule has 3 heteroatoms. The van der Waals surface area contributed by atoms with Gasteiger partial charge in [0.15, 0.2) is 0 Å². The number of carbonyl (C=O) groups excluding carboxylic acids is 1. The van der Waals surface area contributed by atoms with Crippen molar-refractivity contribution >= 4 is 5.97 Å². The van der Waals surface area contributed by atoms with Gasteiger partial charge in [0.1, 0.15) is 0 Å². The summed E-state index contributed by atoms with van der Waals surface area (Å²) < 4.78 is 10.2. The molecule has 0 bridgehead atoms. The van der Waals surface area contributed by atoms with Gasteiger partial charge < -0.3 is 9.47 Å². The summed E-state index contributed by atoms with van der Waals surface area (Å²) in [4.78, 5) is 10.9. The Morgan fingerprint density at radius 2 is 2.00 bits per heavy atom. The molecule has 0 amide bonds. The molecule has 0 aromatic carbocycles. The van der Waals surface area contributed by atoms with Crippen LogP contribution in [0.3, 0.4) is 0 Å². The summed E-state index contributed by atoms with van der Waals surface area (Å²) in [7, 11) is 0. The van der Waals surface area contributed by atoms with Crippen LogP contribution >= 0.6 is 0 Å². The molecule has 0 heterocycles. The van der Waals surface area contributed by atoms with Gasteiger partial charge in [-0.2, -0.15) is 0 Å². The highest BCUT2D eigenvalue weighted by molar-refractivity contribution is 5.69. The van der Waals surface area contributed by atoms with Crippen LogP contribution in [0.5, 0.6) is 0 Å². The fourth-order valence-corrected chi connectivity index (χ4v) is 1.04. The third kappa shape index (κ3) is 6.52. The molecule has 0 aromatic rings. The molecule has 82 valence electrons. The molecule has 0 aliphatic carbocycles. The average Bonchev–Trinajstić information content (AvgIpc) is 2.19. The van der Waals surface area contributed by atoms with Gasteiger partial charge in [0.25, 0.3) is 0 Å². The minimum Gasteiger partial charge on any atom is -0.498 e. The zero-order valence-electron chi connectivity index (χ0n) is 9.34. The van der Waals surface area contributed by atoms with Gasteiger partial charge in [-0.25, -0.2) is 0 Å². The molecule has 0 saturated carbocycles. The first-order valence-electron chi connectivity index (χ1n) is 5.18. The van der Waals surface area contributed by atoms with E-state index in [-0.39, 0.29) is 5.97 Å². The van der Waals surface area contributed by atoms with Gasteiger partial charge in [-0.1, -0.05) is 6.92 Å². The molecule has 0 spiro atoms. The Hall–Kier alpha value is -0.990. The Labute approximate surface area is 86.1 Å². The molecule has 0 atom stereocenters. The van der Waals surface area contributed by atoms with Crippen molar-refractivity contribution in [1.29, 1.82) is 0 Å². The SMILES string of the molecule is C/C=C(\CC)OCCCC(=O)OCC. The first-order chi connectivity index (χ1) is 6.74. The minimum atomic E-state index is -0.144. The quantitative estimate of drug-likeness (QED) is 0.360. The van der Waals surface area contributed by atoms with Gasteiger partial charge in [0, 0.05) is 12.8 Å². The predicted octanol–water partition coefficient (Wildman–Crippen LogP) is 2.66. The molecule has 0 aliphatic rings. The summed E-state index contributed by atoms with van der Waals surface area (Å²) in [5, 5.41) is 0. The van der Waals surface area contributed by atoms with E-state index in [1.807, 2.05) is 26.8 Å². The van der Waals surface area contributed by atoms with Crippen molar-refractivity contribution in [3.63, 3.8) is 0 Å². The number of allylic oxidation sites excluding steroid dienone is 2. The minimum absolute atomic E-state index is 0.144. The lowest BCUT2D eigenvalue weighted by Gasteiger charge is -2.07. The summed E-state index contributed by atoms with van der Waals surface area (Å²) in [5.41, 5.74) is 0. The molecule has 0 N–H and O–H groups in total. The van der Waals surface area contributed by atoms with Crippen LogP contribution in [0.1, 0.15) is 40.0 Å². The Kier molecular flexibility index (Phi) is 7.99. The third-order valence-corrected chi connectivity index (χ3v) is 1.79. The standard InChI is InChI=1S/C11H20O3/c1-4-10(5-2)14-9-7-8-11(12)13-6-3/h4H,5-9H2,1-3H3/b10-4+. The normalized spacial score (nSPS) is 11.2. The van der Waals surface area contributed by atoms with E-state index in [0.29, 0.717) is 19.6 Å². The number of ether oxygens (including phenoxy) is 2. The van der Waals surface area contributed by atoms with Crippen molar-refractivity contribution in [2.45, 2.75) is 40.0 Å². The number of carbonyl (C=O) groups is 1. The number of rotatable bonds is 7. The van der Waals surface area contributed by atoms with E-state index in [1.165, 1.54) is 0 Å². The molecule has 14 heavy (non-hydrogen) atoms. The maximum absolute atomic E-state index is 10.9. The summed E-state index contributed by atoms with van der Waals surface area (Å²) in [5.74, 6) is 0.837. The van der Waals surface area contributed by atoms with Crippen LogP contribution in [0.2, 0.25) is 0 Å². The smallest absolute Gasteiger partial charge is 0.305 e. The largest absolute Gasteiger partial charge is 0.498 e. The van der Waals surface area contributed by atoms with Gasteiger partial charge in [0.2, 0.25) is 0 Å². The fraction of sp³-hybridized carbons (Fsp3) is 0.727. The van der Waals surface area contributed by atoms with Crippen molar-refractivity contribution < 1.29 is 14.3 Å². The Morgan fingerprint density at radius 3 is 2.50 bits per heavy atom. The van der Waals surface area contributed by atoms with Gasteiger partial charge in [-0.3, -0.25) is 4.79 Å². The lowest BCUT2D eigenvalue weighted by Crippen LogP contribution is -2.05. The van der Waals surface area contributed by atoms with E-state index in [2.05, 4.69) is 0 Å². The first-order valence-corrected chi connectivity index (χ1v) is 5.18. The second kappa shape index (κ2) is 8.60. The molecule has 0 radical (unpaired) electrons. The lowest BCUT2D eigenvalue weighted by molar-refractivity contribution is -0.143. The number of hydrogen-bond donors (Lipinski definition) is 0. The second-order valence-corrected chi connectivity index (χ2v) is 2.87. The van der Waals surface area contributed by atoms with Gasteiger partial charge in [0.05, 0.1) is 19.0 Å². The van der Waals surface area contributed by atoms with Gasteiger partial charge >= 0.3 is 5.97 Å². The molecule has 0 rings (SSSR count). The van der Waals surface area contributed by atoms with Crippen LogP contribution in [0.4, 0.5) is 0 Å².